The van der Waals surface area contributed by atoms with Crippen molar-refractivity contribution in [3.63, 3.8) is 0 Å². The van der Waals surface area contributed by atoms with Crippen LogP contribution in [-0.2, 0) is 14.3 Å². The van der Waals surface area contributed by atoms with Crippen molar-refractivity contribution in [1.29, 1.82) is 0 Å². The topological polar surface area (TPSA) is 76.0 Å². The third-order valence-corrected chi connectivity index (χ3v) is 9.43. The molecule has 0 aromatic heterocycles. The normalized spacial score (nSPS) is 47.4. The van der Waals surface area contributed by atoms with Crippen LogP contribution in [-0.4, -0.2) is 40.8 Å². The zero-order chi connectivity index (χ0) is 20.5. The summed E-state index contributed by atoms with van der Waals surface area (Å²) >= 11 is 0. The van der Waals surface area contributed by atoms with Crippen molar-refractivity contribution in [1.82, 2.24) is 0 Å². The number of ether oxygens (including phenoxy) is 2. The second-order valence-corrected chi connectivity index (χ2v) is 10.4. The third-order valence-electron chi connectivity index (χ3n) is 9.43. The molecule has 6 atom stereocenters. The predicted octanol–water partition coefficient (Wildman–Crippen LogP) is 3.51. The molecule has 1 aliphatic heterocycles. The molecule has 0 bridgehead atoms. The van der Waals surface area contributed by atoms with Gasteiger partial charge in [-0.25, -0.2) is 4.79 Å². The Hall–Kier alpha value is -1.35. The highest BCUT2D eigenvalue weighted by molar-refractivity contribution is 5.86. The number of fused-ring (bicyclic) bond motifs is 5. The molecule has 0 unspecified atom stereocenters. The van der Waals surface area contributed by atoms with Crippen LogP contribution in [0.2, 0.25) is 0 Å². The molecule has 5 aliphatic rings. The standard InChI is InChI=1S/C24H32O5/c1-21-11-12-24(28-13-14-29-24)15-16(21)3-4-17-18(21)5-8-22(2)19(17)6-9-23(22,27)10-7-20(25)26/h15,17-19,27H,3-6,8-9,11-14H2,1-2H3,(H,25,26)/t17-,18+,19+,21+,22+,23-/m1/s1. The van der Waals surface area contributed by atoms with Gasteiger partial charge in [-0.15, -0.1) is 0 Å². The van der Waals surface area contributed by atoms with E-state index in [1.54, 1.807) is 0 Å². The summed E-state index contributed by atoms with van der Waals surface area (Å²) in [5, 5.41) is 20.3. The molecule has 0 amide bonds. The molecule has 1 heterocycles. The molecule has 0 radical (unpaired) electrons. The van der Waals surface area contributed by atoms with Crippen molar-refractivity contribution >= 4 is 5.97 Å². The highest BCUT2D eigenvalue weighted by Gasteiger charge is 2.64. The fraction of sp³-hybridized carbons (Fsp3) is 0.792. The Kier molecular flexibility index (Phi) is 4.28. The number of carboxylic acids is 1. The van der Waals surface area contributed by atoms with E-state index in [0.717, 1.165) is 44.9 Å². The van der Waals surface area contributed by atoms with E-state index in [1.807, 2.05) is 0 Å². The van der Waals surface area contributed by atoms with Gasteiger partial charge >= 0.3 is 5.97 Å². The number of aliphatic hydroxyl groups is 1. The van der Waals surface area contributed by atoms with Crippen LogP contribution < -0.4 is 0 Å². The summed E-state index contributed by atoms with van der Waals surface area (Å²) in [6.45, 7) is 5.96. The average molecular weight is 401 g/mol. The maximum Gasteiger partial charge on any atom is 0.382 e. The van der Waals surface area contributed by atoms with E-state index in [1.165, 1.54) is 5.57 Å². The molecule has 4 fully saturated rings. The molecule has 4 aliphatic carbocycles. The smallest absolute Gasteiger partial charge is 0.382 e. The van der Waals surface area contributed by atoms with Crippen LogP contribution in [0.1, 0.15) is 65.2 Å². The van der Waals surface area contributed by atoms with E-state index in [4.69, 9.17) is 14.6 Å². The van der Waals surface area contributed by atoms with Gasteiger partial charge in [-0.1, -0.05) is 25.3 Å². The molecule has 0 aromatic rings. The first-order chi connectivity index (χ1) is 13.7. The van der Waals surface area contributed by atoms with Crippen LogP contribution in [0.25, 0.3) is 0 Å². The van der Waals surface area contributed by atoms with Crippen molar-refractivity contribution in [3.05, 3.63) is 11.6 Å². The number of allylic oxidation sites excluding steroid dienone is 1. The van der Waals surface area contributed by atoms with Gasteiger partial charge in [0.25, 0.3) is 0 Å². The van der Waals surface area contributed by atoms with E-state index in [2.05, 4.69) is 31.8 Å². The van der Waals surface area contributed by atoms with E-state index in [0.29, 0.717) is 37.4 Å². The number of hydrogen-bond acceptors (Lipinski definition) is 4. The van der Waals surface area contributed by atoms with E-state index in [9.17, 15) is 9.90 Å². The fourth-order valence-corrected chi connectivity index (χ4v) is 7.76. The largest absolute Gasteiger partial charge is 0.472 e. The van der Waals surface area contributed by atoms with E-state index < -0.39 is 17.4 Å². The lowest BCUT2D eigenvalue weighted by molar-refractivity contribution is -0.148. The summed E-state index contributed by atoms with van der Waals surface area (Å²) in [4.78, 5) is 11.0. The minimum Gasteiger partial charge on any atom is -0.472 e. The van der Waals surface area contributed by atoms with Crippen molar-refractivity contribution in [2.75, 3.05) is 13.2 Å². The van der Waals surface area contributed by atoms with Crippen molar-refractivity contribution < 1.29 is 24.5 Å². The first-order valence-electron chi connectivity index (χ1n) is 11.2. The molecular formula is C24H32O5. The minimum atomic E-state index is -1.18. The molecule has 1 saturated heterocycles. The van der Waals surface area contributed by atoms with Crippen LogP contribution in [0.3, 0.4) is 0 Å². The Labute approximate surface area is 172 Å². The second-order valence-electron chi connectivity index (χ2n) is 10.4. The Bertz CT molecular complexity index is 815. The molecule has 29 heavy (non-hydrogen) atoms. The summed E-state index contributed by atoms with van der Waals surface area (Å²) in [5.41, 5.74) is 0.189. The van der Waals surface area contributed by atoms with Crippen LogP contribution >= 0.6 is 0 Å². The lowest BCUT2D eigenvalue weighted by Crippen LogP contribution is -2.55. The summed E-state index contributed by atoms with van der Waals surface area (Å²) in [5.74, 6) is 4.91. The molecule has 5 heteroatoms. The number of aliphatic carboxylic acids is 1. The van der Waals surface area contributed by atoms with Crippen molar-refractivity contribution in [3.8, 4) is 11.8 Å². The van der Waals surface area contributed by atoms with Crippen molar-refractivity contribution in [2.24, 2.45) is 28.6 Å². The molecule has 5 nitrogen and oxygen atoms in total. The minimum absolute atomic E-state index is 0.179. The third kappa shape index (κ3) is 2.69. The summed E-state index contributed by atoms with van der Waals surface area (Å²) in [7, 11) is 0. The SMILES string of the molecule is C[C@]12CCC3(C=C1CC[C@@H]1[C@@H]2CC[C@@]2(C)[C@H]1CC[C@@]2(O)C#CC(=O)O)OCCO3. The van der Waals surface area contributed by atoms with Gasteiger partial charge in [-0.2, -0.15) is 0 Å². The van der Waals surface area contributed by atoms with Crippen molar-refractivity contribution in [2.45, 2.75) is 76.6 Å². The predicted molar refractivity (Wildman–Crippen MR) is 107 cm³/mol. The Morgan fingerprint density at radius 3 is 2.52 bits per heavy atom. The summed E-state index contributed by atoms with van der Waals surface area (Å²) in [6.07, 6.45) is 10.0. The lowest BCUT2D eigenvalue weighted by Gasteiger charge is -2.59. The summed E-state index contributed by atoms with van der Waals surface area (Å²) < 4.78 is 12.0. The maximum atomic E-state index is 11.3. The van der Waals surface area contributed by atoms with Gasteiger partial charge < -0.3 is 19.7 Å². The van der Waals surface area contributed by atoms with Crippen LogP contribution in [0.5, 0.6) is 0 Å². The number of hydrogen-bond donors (Lipinski definition) is 2. The van der Waals surface area contributed by atoms with Gasteiger partial charge in [-0.05, 0) is 74.2 Å². The fourth-order valence-electron chi connectivity index (χ4n) is 7.76. The van der Waals surface area contributed by atoms with E-state index >= 15 is 0 Å². The molecular weight excluding hydrogens is 368 g/mol. The Balaban J connectivity index is 1.44. The van der Waals surface area contributed by atoms with Crippen LogP contribution in [0.15, 0.2) is 11.6 Å². The van der Waals surface area contributed by atoms with Gasteiger partial charge in [0.05, 0.1) is 13.2 Å². The van der Waals surface area contributed by atoms with Gasteiger partial charge in [0.2, 0.25) is 0 Å². The molecule has 1 spiro atoms. The second kappa shape index (κ2) is 6.33. The highest BCUT2D eigenvalue weighted by Crippen LogP contribution is 2.68. The maximum absolute atomic E-state index is 11.3. The zero-order valence-corrected chi connectivity index (χ0v) is 17.5. The molecule has 5 rings (SSSR count). The Morgan fingerprint density at radius 2 is 1.79 bits per heavy atom. The monoisotopic (exact) mass is 400 g/mol. The number of carbonyl (C=O) groups is 1. The molecule has 158 valence electrons. The lowest BCUT2D eigenvalue weighted by atomic mass is 9.46. The number of carboxylic acid groups (broad SMARTS) is 1. The quantitative estimate of drug-likeness (QED) is 0.481. The van der Waals surface area contributed by atoms with Gasteiger partial charge in [0.1, 0.15) is 5.60 Å². The molecule has 3 saturated carbocycles. The Morgan fingerprint density at radius 1 is 1.07 bits per heavy atom. The highest BCUT2D eigenvalue weighted by atomic mass is 16.7. The first-order valence-corrected chi connectivity index (χ1v) is 11.2. The van der Waals surface area contributed by atoms with Gasteiger partial charge in [0, 0.05) is 17.8 Å². The van der Waals surface area contributed by atoms with Crippen LogP contribution in [0.4, 0.5) is 0 Å². The van der Waals surface area contributed by atoms with Gasteiger partial charge in [-0.3, -0.25) is 0 Å². The van der Waals surface area contributed by atoms with E-state index in [-0.39, 0.29) is 10.8 Å². The molecule has 0 aromatic carbocycles. The first kappa shape index (κ1) is 19.6. The summed E-state index contributed by atoms with van der Waals surface area (Å²) in [6, 6.07) is 0. The number of rotatable bonds is 0. The van der Waals surface area contributed by atoms with Gasteiger partial charge in [0.15, 0.2) is 5.79 Å². The zero-order valence-electron chi connectivity index (χ0n) is 17.5. The average Bonchev–Trinajstić information content (AvgIpc) is 3.24. The molecule has 2 N–H and O–H groups in total. The van der Waals surface area contributed by atoms with Crippen LogP contribution in [0, 0.1) is 40.4 Å².